The number of amides is 1. The number of carbonyl (C=O) groups is 1. The lowest BCUT2D eigenvalue weighted by Crippen LogP contribution is -2.16. The van der Waals surface area contributed by atoms with Gasteiger partial charge in [0.2, 0.25) is 5.13 Å². The van der Waals surface area contributed by atoms with Crippen molar-refractivity contribution in [2.45, 2.75) is 25.7 Å². The van der Waals surface area contributed by atoms with Gasteiger partial charge in [0.1, 0.15) is 15.9 Å². The van der Waals surface area contributed by atoms with Gasteiger partial charge in [0.15, 0.2) is 0 Å². The van der Waals surface area contributed by atoms with Crippen LogP contribution in [-0.2, 0) is 0 Å². The van der Waals surface area contributed by atoms with Gasteiger partial charge < -0.3 is 4.74 Å². The molecule has 0 aromatic carbocycles. The van der Waals surface area contributed by atoms with Gasteiger partial charge in [0, 0.05) is 23.9 Å². The second kappa shape index (κ2) is 7.21. The molecule has 3 aromatic heterocycles. The third kappa shape index (κ3) is 3.50. The molecule has 1 aliphatic rings. The Balaban J connectivity index is 1.77. The molecule has 1 aliphatic carbocycles. The highest BCUT2D eigenvalue weighted by molar-refractivity contribution is 7.15. The quantitative estimate of drug-likeness (QED) is 0.647. The van der Waals surface area contributed by atoms with Crippen LogP contribution in [0, 0.1) is 6.92 Å². The number of nitrogens with zero attached hydrogens (tertiary/aromatic N) is 4. The van der Waals surface area contributed by atoms with Gasteiger partial charge in [-0.25, -0.2) is 4.98 Å². The largest absolute Gasteiger partial charge is 0.494 e. The van der Waals surface area contributed by atoms with Crippen molar-refractivity contribution < 1.29 is 9.53 Å². The Labute approximate surface area is 164 Å². The van der Waals surface area contributed by atoms with Crippen LogP contribution in [0.3, 0.4) is 0 Å². The minimum absolute atomic E-state index is 0.101. The van der Waals surface area contributed by atoms with Crippen molar-refractivity contribution in [2.75, 3.05) is 12.4 Å². The number of aromatic nitrogens is 4. The van der Waals surface area contributed by atoms with Crippen LogP contribution >= 0.6 is 22.9 Å². The number of nitrogens with one attached hydrogen (secondary N) is 1. The Kier molecular flexibility index (Phi) is 4.75. The lowest BCUT2D eigenvalue weighted by molar-refractivity contribution is 0.102. The van der Waals surface area contributed by atoms with E-state index >= 15 is 0 Å². The summed E-state index contributed by atoms with van der Waals surface area (Å²) in [4.78, 5) is 21.3. The SMILES string of the molecule is COc1c(C)nc(Cl)c(C(=O)Nc2nnc(C3CC3)s2)c1-c1ccncc1. The van der Waals surface area contributed by atoms with E-state index in [2.05, 4.69) is 25.5 Å². The molecule has 138 valence electrons. The van der Waals surface area contributed by atoms with E-state index in [-0.39, 0.29) is 10.7 Å². The number of hydrogen-bond acceptors (Lipinski definition) is 7. The van der Waals surface area contributed by atoms with Crippen molar-refractivity contribution in [3.8, 4) is 16.9 Å². The third-order valence-electron chi connectivity index (χ3n) is 4.27. The topological polar surface area (TPSA) is 89.9 Å². The third-order valence-corrected chi connectivity index (χ3v) is 5.54. The van der Waals surface area contributed by atoms with Gasteiger partial charge in [-0.1, -0.05) is 22.9 Å². The van der Waals surface area contributed by atoms with Crippen molar-refractivity contribution in [3.05, 3.63) is 45.9 Å². The number of methoxy groups -OCH3 is 1. The van der Waals surface area contributed by atoms with Crippen LogP contribution in [0.4, 0.5) is 5.13 Å². The van der Waals surface area contributed by atoms with Gasteiger partial charge in [-0.3, -0.25) is 15.1 Å². The second-order valence-corrected chi connectivity index (χ2v) is 7.55. The molecule has 0 saturated heterocycles. The minimum atomic E-state index is -0.406. The number of anilines is 1. The average molecular weight is 402 g/mol. The summed E-state index contributed by atoms with van der Waals surface area (Å²) in [6.45, 7) is 1.78. The maximum atomic E-state index is 13.0. The zero-order valence-electron chi connectivity index (χ0n) is 14.7. The van der Waals surface area contributed by atoms with Gasteiger partial charge in [-0.05, 0) is 37.5 Å². The molecule has 1 saturated carbocycles. The molecule has 0 spiro atoms. The van der Waals surface area contributed by atoms with Crippen molar-refractivity contribution >= 4 is 34.0 Å². The van der Waals surface area contributed by atoms with E-state index in [1.807, 2.05) is 0 Å². The van der Waals surface area contributed by atoms with Gasteiger partial charge in [0.25, 0.3) is 5.91 Å². The van der Waals surface area contributed by atoms with E-state index < -0.39 is 5.91 Å². The minimum Gasteiger partial charge on any atom is -0.494 e. The highest BCUT2D eigenvalue weighted by atomic mass is 35.5. The molecule has 0 radical (unpaired) electrons. The predicted octanol–water partition coefficient (Wildman–Crippen LogP) is 4.10. The number of halogens is 1. The molecule has 1 amide bonds. The van der Waals surface area contributed by atoms with E-state index in [4.69, 9.17) is 16.3 Å². The Morgan fingerprint density at radius 2 is 2.04 bits per heavy atom. The number of carbonyl (C=O) groups excluding carboxylic acids is 1. The molecule has 27 heavy (non-hydrogen) atoms. The van der Waals surface area contributed by atoms with E-state index in [0.717, 1.165) is 23.4 Å². The summed E-state index contributed by atoms with van der Waals surface area (Å²) in [5, 5.41) is 12.5. The molecule has 4 rings (SSSR count). The number of ether oxygens (including phenoxy) is 1. The molecule has 3 heterocycles. The van der Waals surface area contributed by atoms with Gasteiger partial charge in [-0.15, -0.1) is 10.2 Å². The van der Waals surface area contributed by atoms with Gasteiger partial charge in [-0.2, -0.15) is 0 Å². The lowest BCUT2D eigenvalue weighted by Gasteiger charge is -2.16. The van der Waals surface area contributed by atoms with Crippen LogP contribution in [0.2, 0.25) is 5.15 Å². The molecule has 9 heteroatoms. The molecule has 0 unspecified atom stereocenters. The molecule has 0 bridgehead atoms. The molecule has 1 fully saturated rings. The predicted molar refractivity (Wildman–Crippen MR) is 104 cm³/mol. The summed E-state index contributed by atoms with van der Waals surface area (Å²) >= 11 is 7.75. The van der Waals surface area contributed by atoms with Crippen LogP contribution in [0.15, 0.2) is 24.5 Å². The van der Waals surface area contributed by atoms with Crippen molar-refractivity contribution in [2.24, 2.45) is 0 Å². The summed E-state index contributed by atoms with van der Waals surface area (Å²) in [6, 6.07) is 3.58. The standard InChI is InChI=1S/C18H16ClN5O2S/c1-9-14(26-2)12(10-5-7-20-8-6-10)13(15(19)21-9)16(25)22-18-24-23-17(27-18)11-3-4-11/h5-8,11H,3-4H2,1-2H3,(H,22,24,25). The Bertz CT molecular complexity index is 1000. The average Bonchev–Trinajstić information content (AvgIpc) is 3.41. The fourth-order valence-electron chi connectivity index (χ4n) is 2.84. The molecule has 3 aromatic rings. The van der Waals surface area contributed by atoms with E-state index in [9.17, 15) is 4.79 Å². The summed E-state index contributed by atoms with van der Waals surface area (Å²) in [5.74, 6) is 0.563. The smallest absolute Gasteiger partial charge is 0.261 e. The Morgan fingerprint density at radius 3 is 2.70 bits per heavy atom. The van der Waals surface area contributed by atoms with Crippen LogP contribution in [0.5, 0.6) is 5.75 Å². The van der Waals surface area contributed by atoms with Crippen LogP contribution in [0.1, 0.15) is 39.8 Å². The first-order valence-electron chi connectivity index (χ1n) is 8.37. The number of pyridine rings is 2. The maximum absolute atomic E-state index is 13.0. The zero-order chi connectivity index (χ0) is 19.0. The van der Waals surface area contributed by atoms with Crippen molar-refractivity contribution in [1.82, 2.24) is 20.2 Å². The number of aryl methyl sites for hydroxylation is 1. The lowest BCUT2D eigenvalue weighted by atomic mass is 9.99. The highest BCUT2D eigenvalue weighted by Gasteiger charge is 2.29. The summed E-state index contributed by atoms with van der Waals surface area (Å²) in [7, 11) is 1.54. The van der Waals surface area contributed by atoms with Crippen LogP contribution < -0.4 is 10.1 Å². The van der Waals surface area contributed by atoms with Crippen molar-refractivity contribution in [1.29, 1.82) is 0 Å². The molecule has 0 aliphatic heterocycles. The number of hydrogen-bond donors (Lipinski definition) is 1. The molecule has 0 atom stereocenters. The van der Waals surface area contributed by atoms with E-state index in [1.54, 1.807) is 31.5 Å². The first-order chi connectivity index (χ1) is 13.1. The van der Waals surface area contributed by atoms with Crippen LogP contribution in [0.25, 0.3) is 11.1 Å². The molecular weight excluding hydrogens is 386 g/mol. The highest BCUT2D eigenvalue weighted by Crippen LogP contribution is 2.42. The first-order valence-corrected chi connectivity index (χ1v) is 9.57. The summed E-state index contributed by atoms with van der Waals surface area (Å²) in [5.41, 5.74) is 2.16. The molecule has 1 N–H and O–H groups in total. The monoisotopic (exact) mass is 401 g/mol. The van der Waals surface area contributed by atoms with E-state index in [0.29, 0.717) is 28.1 Å². The van der Waals surface area contributed by atoms with Crippen LogP contribution in [-0.4, -0.2) is 33.2 Å². The fraction of sp³-hybridized carbons (Fsp3) is 0.278. The Hall–Kier alpha value is -2.58. The fourth-order valence-corrected chi connectivity index (χ4v) is 4.06. The Morgan fingerprint density at radius 1 is 1.30 bits per heavy atom. The first kappa shape index (κ1) is 17.8. The summed E-state index contributed by atoms with van der Waals surface area (Å²) < 4.78 is 5.52. The number of rotatable bonds is 5. The van der Waals surface area contributed by atoms with Gasteiger partial charge in [0.05, 0.1) is 18.4 Å². The maximum Gasteiger partial charge on any atom is 0.261 e. The second-order valence-electron chi connectivity index (χ2n) is 6.18. The van der Waals surface area contributed by atoms with Gasteiger partial charge >= 0.3 is 0 Å². The molecular formula is C18H16ClN5O2S. The van der Waals surface area contributed by atoms with Crippen molar-refractivity contribution in [3.63, 3.8) is 0 Å². The molecule has 7 nitrogen and oxygen atoms in total. The normalized spacial score (nSPS) is 13.4. The zero-order valence-corrected chi connectivity index (χ0v) is 16.3. The summed E-state index contributed by atoms with van der Waals surface area (Å²) in [6.07, 6.45) is 5.54. The van der Waals surface area contributed by atoms with E-state index in [1.165, 1.54) is 18.4 Å².